The average molecular weight is 305 g/mol. The summed E-state index contributed by atoms with van der Waals surface area (Å²) in [6, 6.07) is 8.21. The van der Waals surface area contributed by atoms with Crippen LogP contribution in [0.2, 0.25) is 0 Å². The van der Waals surface area contributed by atoms with E-state index in [0.29, 0.717) is 18.1 Å². The molecule has 0 atom stereocenters. The Morgan fingerprint density at radius 1 is 1.33 bits per heavy atom. The van der Waals surface area contributed by atoms with Gasteiger partial charge in [-0.2, -0.15) is 5.26 Å². The van der Waals surface area contributed by atoms with Gasteiger partial charge in [0.1, 0.15) is 5.76 Å². The molecule has 2 aromatic rings. The molecular formula is C14H15N3O3S. The normalized spacial score (nSPS) is 11.2. The molecule has 6 nitrogen and oxygen atoms in total. The van der Waals surface area contributed by atoms with Crippen LogP contribution in [0, 0.1) is 11.3 Å². The topological polar surface area (TPSA) is 96.0 Å². The summed E-state index contributed by atoms with van der Waals surface area (Å²) >= 11 is 0. The molecule has 1 N–H and O–H groups in total. The number of nitrogens with zero attached hydrogens (tertiary/aromatic N) is 2. The number of benzene rings is 1. The van der Waals surface area contributed by atoms with E-state index in [1.54, 1.807) is 18.3 Å². The van der Waals surface area contributed by atoms with E-state index in [1.165, 1.54) is 12.1 Å². The van der Waals surface area contributed by atoms with Gasteiger partial charge in [0, 0.05) is 6.42 Å². The number of nitriles is 1. The average Bonchev–Trinajstić information content (AvgIpc) is 2.94. The summed E-state index contributed by atoms with van der Waals surface area (Å²) in [5.74, 6) is 1.04. The lowest BCUT2D eigenvalue weighted by atomic mass is 10.2. The number of rotatable bonds is 6. The van der Waals surface area contributed by atoms with Crippen LogP contribution in [0.4, 0.5) is 0 Å². The third-order valence-electron chi connectivity index (χ3n) is 2.88. The number of nitrogens with one attached hydrogen (secondary N) is 1. The predicted molar refractivity (Wildman–Crippen MR) is 75.7 cm³/mol. The summed E-state index contributed by atoms with van der Waals surface area (Å²) in [4.78, 5) is 4.14. The van der Waals surface area contributed by atoms with E-state index in [4.69, 9.17) is 9.68 Å². The number of hydrogen-bond acceptors (Lipinski definition) is 5. The Labute approximate surface area is 123 Å². The first kappa shape index (κ1) is 15.2. The van der Waals surface area contributed by atoms with Gasteiger partial charge in [0.25, 0.3) is 0 Å². The number of sulfonamides is 1. The highest BCUT2D eigenvalue weighted by molar-refractivity contribution is 7.89. The summed E-state index contributed by atoms with van der Waals surface area (Å²) in [6.45, 7) is 1.93. The van der Waals surface area contributed by atoms with E-state index in [-0.39, 0.29) is 17.9 Å². The van der Waals surface area contributed by atoms with Crippen LogP contribution in [-0.2, 0) is 29.4 Å². The second kappa shape index (κ2) is 6.52. The quantitative estimate of drug-likeness (QED) is 0.877. The van der Waals surface area contributed by atoms with Crippen LogP contribution in [-0.4, -0.2) is 13.4 Å². The van der Waals surface area contributed by atoms with Crippen molar-refractivity contribution in [3.05, 3.63) is 47.7 Å². The van der Waals surface area contributed by atoms with Crippen molar-refractivity contribution in [1.29, 1.82) is 5.26 Å². The summed E-state index contributed by atoms with van der Waals surface area (Å²) in [5, 5.41) is 8.58. The van der Waals surface area contributed by atoms with Crippen molar-refractivity contribution in [3.63, 3.8) is 0 Å². The van der Waals surface area contributed by atoms with E-state index in [0.717, 1.165) is 5.56 Å². The third kappa shape index (κ3) is 3.90. The Bertz CT molecular complexity index is 743. The Morgan fingerprint density at radius 2 is 2.05 bits per heavy atom. The Balaban J connectivity index is 2.05. The minimum absolute atomic E-state index is 0.00226. The predicted octanol–water partition coefficient (Wildman–Crippen LogP) is 1.78. The van der Waals surface area contributed by atoms with Crippen LogP contribution in [0.25, 0.3) is 0 Å². The van der Waals surface area contributed by atoms with Gasteiger partial charge < -0.3 is 4.42 Å². The lowest BCUT2D eigenvalue weighted by Crippen LogP contribution is -2.23. The van der Waals surface area contributed by atoms with Gasteiger partial charge in [-0.1, -0.05) is 19.1 Å². The fourth-order valence-corrected chi connectivity index (χ4v) is 2.69. The Hall–Kier alpha value is -2.17. The zero-order chi connectivity index (χ0) is 15.3. The van der Waals surface area contributed by atoms with Crippen molar-refractivity contribution in [2.75, 3.05) is 0 Å². The Kier molecular flexibility index (Phi) is 4.73. The number of hydrogen-bond donors (Lipinski definition) is 1. The Morgan fingerprint density at radius 3 is 2.62 bits per heavy atom. The monoisotopic (exact) mass is 305 g/mol. The maximum atomic E-state index is 12.1. The minimum Gasteiger partial charge on any atom is -0.444 e. The third-order valence-corrected chi connectivity index (χ3v) is 4.30. The molecule has 0 unspecified atom stereocenters. The highest BCUT2D eigenvalue weighted by atomic mass is 32.2. The molecule has 7 heteroatoms. The van der Waals surface area contributed by atoms with Gasteiger partial charge >= 0.3 is 0 Å². The van der Waals surface area contributed by atoms with Crippen LogP contribution >= 0.6 is 0 Å². The molecule has 0 saturated heterocycles. The van der Waals surface area contributed by atoms with E-state index >= 15 is 0 Å². The highest BCUT2D eigenvalue weighted by Gasteiger charge is 2.15. The van der Waals surface area contributed by atoms with Crippen LogP contribution in [0.1, 0.15) is 24.1 Å². The second-order valence-electron chi connectivity index (χ2n) is 4.38. The molecule has 1 aromatic carbocycles. The fraction of sp³-hybridized carbons (Fsp3) is 0.286. The first-order valence-electron chi connectivity index (χ1n) is 6.44. The molecule has 0 bridgehead atoms. The van der Waals surface area contributed by atoms with Crippen molar-refractivity contribution in [2.45, 2.75) is 31.2 Å². The van der Waals surface area contributed by atoms with E-state index < -0.39 is 10.0 Å². The SMILES string of the molecule is CCc1cnc(CNS(=O)(=O)c2ccc(CC#N)cc2)o1. The van der Waals surface area contributed by atoms with Gasteiger partial charge in [-0.3, -0.25) is 0 Å². The first-order chi connectivity index (χ1) is 10.0. The maximum absolute atomic E-state index is 12.1. The lowest BCUT2D eigenvalue weighted by Gasteiger charge is -2.05. The van der Waals surface area contributed by atoms with Gasteiger partial charge in [0.05, 0.1) is 30.1 Å². The number of aromatic nitrogens is 1. The number of aryl methyl sites for hydroxylation is 1. The molecule has 1 aromatic heterocycles. The minimum atomic E-state index is -3.62. The second-order valence-corrected chi connectivity index (χ2v) is 6.14. The summed E-state index contributed by atoms with van der Waals surface area (Å²) in [6.07, 6.45) is 2.55. The van der Waals surface area contributed by atoms with Gasteiger partial charge in [-0.15, -0.1) is 0 Å². The smallest absolute Gasteiger partial charge is 0.241 e. The van der Waals surface area contributed by atoms with Crippen molar-refractivity contribution < 1.29 is 12.8 Å². The van der Waals surface area contributed by atoms with Crippen LogP contribution < -0.4 is 4.72 Å². The van der Waals surface area contributed by atoms with Crippen molar-refractivity contribution >= 4 is 10.0 Å². The van der Waals surface area contributed by atoms with Crippen LogP contribution in [0.15, 0.2) is 39.8 Å². The van der Waals surface area contributed by atoms with Crippen LogP contribution in [0.3, 0.4) is 0 Å². The zero-order valence-corrected chi connectivity index (χ0v) is 12.4. The molecule has 0 fully saturated rings. The van der Waals surface area contributed by atoms with Gasteiger partial charge in [-0.05, 0) is 17.7 Å². The molecule has 0 aliphatic carbocycles. The van der Waals surface area contributed by atoms with Crippen molar-refractivity contribution in [1.82, 2.24) is 9.71 Å². The van der Waals surface area contributed by atoms with Crippen molar-refractivity contribution in [2.24, 2.45) is 0 Å². The van der Waals surface area contributed by atoms with Crippen LogP contribution in [0.5, 0.6) is 0 Å². The fourth-order valence-electron chi connectivity index (χ4n) is 1.71. The molecule has 21 heavy (non-hydrogen) atoms. The molecule has 2 rings (SSSR count). The summed E-state index contributed by atoms with van der Waals surface area (Å²) in [7, 11) is -3.62. The summed E-state index contributed by atoms with van der Waals surface area (Å²) < 4.78 is 32.0. The molecular weight excluding hydrogens is 290 g/mol. The largest absolute Gasteiger partial charge is 0.444 e. The molecule has 110 valence electrons. The van der Waals surface area contributed by atoms with Gasteiger partial charge in [-0.25, -0.2) is 18.1 Å². The molecule has 0 spiro atoms. The highest BCUT2D eigenvalue weighted by Crippen LogP contribution is 2.12. The van der Waals surface area contributed by atoms with Gasteiger partial charge in [0.2, 0.25) is 15.9 Å². The van der Waals surface area contributed by atoms with E-state index in [1.807, 2.05) is 13.0 Å². The van der Waals surface area contributed by atoms with E-state index in [9.17, 15) is 8.42 Å². The van der Waals surface area contributed by atoms with Gasteiger partial charge in [0.15, 0.2) is 0 Å². The molecule has 1 heterocycles. The van der Waals surface area contributed by atoms with E-state index in [2.05, 4.69) is 9.71 Å². The molecule has 0 aliphatic rings. The zero-order valence-electron chi connectivity index (χ0n) is 11.5. The summed E-state index contributed by atoms with van der Waals surface area (Å²) in [5.41, 5.74) is 0.775. The lowest BCUT2D eigenvalue weighted by molar-refractivity contribution is 0.452. The first-order valence-corrected chi connectivity index (χ1v) is 7.92. The number of oxazole rings is 1. The standard InChI is InChI=1S/C14H15N3O3S/c1-2-12-9-16-14(20-12)10-17-21(18,19)13-5-3-11(4-6-13)7-8-15/h3-6,9,17H,2,7,10H2,1H3. The molecule has 0 saturated carbocycles. The molecule has 0 aliphatic heterocycles. The van der Waals surface area contributed by atoms with Crippen molar-refractivity contribution in [3.8, 4) is 6.07 Å². The maximum Gasteiger partial charge on any atom is 0.241 e. The molecule has 0 radical (unpaired) electrons. The molecule has 0 amide bonds.